The van der Waals surface area contributed by atoms with Crippen LogP contribution in [-0.2, 0) is 16.4 Å². The van der Waals surface area contributed by atoms with Crippen LogP contribution in [0.4, 0.5) is 5.69 Å². The third-order valence-corrected chi connectivity index (χ3v) is 4.66. The van der Waals surface area contributed by atoms with Gasteiger partial charge in [-0.1, -0.05) is 19.9 Å². The Kier molecular flexibility index (Phi) is 5.78. The first-order chi connectivity index (χ1) is 8.94. The Morgan fingerprint density at radius 1 is 1.37 bits per heavy atom. The van der Waals surface area contributed by atoms with Gasteiger partial charge in [0.2, 0.25) is 10.0 Å². The molecule has 0 radical (unpaired) electrons. The fourth-order valence-corrected chi connectivity index (χ4v) is 3.60. The molecule has 1 aromatic carbocycles. The van der Waals surface area contributed by atoms with Gasteiger partial charge in [0.05, 0.1) is 4.90 Å². The van der Waals surface area contributed by atoms with Crippen LogP contribution in [0.25, 0.3) is 0 Å². The minimum Gasteiger partial charge on any atom is -0.399 e. The Labute approximate surface area is 114 Å². The van der Waals surface area contributed by atoms with Crippen LogP contribution in [0.2, 0.25) is 0 Å². The summed E-state index contributed by atoms with van der Waals surface area (Å²) in [6.07, 6.45) is 1.65. The zero-order chi connectivity index (χ0) is 14.5. The number of anilines is 1. The average Bonchev–Trinajstić information content (AvgIpc) is 2.38. The van der Waals surface area contributed by atoms with E-state index in [1.807, 2.05) is 13.8 Å². The molecule has 0 amide bonds. The van der Waals surface area contributed by atoms with Gasteiger partial charge in [0.25, 0.3) is 0 Å². The van der Waals surface area contributed by atoms with Gasteiger partial charge in [-0.05, 0) is 37.0 Å². The molecule has 0 spiro atoms. The molecule has 0 saturated heterocycles. The second kappa shape index (κ2) is 6.88. The van der Waals surface area contributed by atoms with Crippen molar-refractivity contribution >= 4 is 15.7 Å². The molecule has 108 valence electrons. The van der Waals surface area contributed by atoms with E-state index in [0.29, 0.717) is 24.9 Å². The quantitative estimate of drug-likeness (QED) is 0.658. The van der Waals surface area contributed by atoms with Crippen LogP contribution >= 0.6 is 0 Å². The third kappa shape index (κ3) is 4.19. The van der Waals surface area contributed by atoms with Crippen molar-refractivity contribution < 1.29 is 13.5 Å². The largest absolute Gasteiger partial charge is 0.399 e. The van der Waals surface area contributed by atoms with Gasteiger partial charge in [0, 0.05) is 18.3 Å². The number of hydrogen-bond acceptors (Lipinski definition) is 4. The summed E-state index contributed by atoms with van der Waals surface area (Å²) in [4.78, 5) is 0.228. The van der Waals surface area contributed by atoms with Gasteiger partial charge >= 0.3 is 0 Å². The molecule has 5 nitrogen and oxygen atoms in total. The first kappa shape index (κ1) is 15.9. The molecular formula is C13H22N2O3S. The van der Waals surface area contributed by atoms with E-state index in [1.165, 1.54) is 6.07 Å². The maximum Gasteiger partial charge on any atom is 0.241 e. The molecule has 0 heterocycles. The van der Waals surface area contributed by atoms with Gasteiger partial charge in [-0.25, -0.2) is 13.1 Å². The van der Waals surface area contributed by atoms with Gasteiger partial charge in [0.1, 0.15) is 0 Å². The highest BCUT2D eigenvalue weighted by Gasteiger charge is 2.21. The Hall–Kier alpha value is -1.11. The van der Waals surface area contributed by atoms with Gasteiger partial charge in [0.15, 0.2) is 0 Å². The summed E-state index contributed by atoms with van der Waals surface area (Å²) in [6, 6.07) is 4.65. The zero-order valence-corrected chi connectivity index (χ0v) is 12.2. The van der Waals surface area contributed by atoms with E-state index < -0.39 is 10.0 Å². The Morgan fingerprint density at radius 2 is 2.05 bits per heavy atom. The lowest BCUT2D eigenvalue weighted by atomic mass is 10.1. The average molecular weight is 286 g/mol. The van der Waals surface area contributed by atoms with Crippen molar-refractivity contribution in [3.05, 3.63) is 23.8 Å². The molecular weight excluding hydrogens is 264 g/mol. The first-order valence-electron chi connectivity index (χ1n) is 6.46. The van der Waals surface area contributed by atoms with Crippen molar-refractivity contribution in [1.82, 2.24) is 4.72 Å². The monoisotopic (exact) mass is 286 g/mol. The van der Waals surface area contributed by atoms with Crippen LogP contribution in [0, 0.1) is 0 Å². The van der Waals surface area contributed by atoms with Crippen LogP contribution in [0.15, 0.2) is 23.1 Å². The van der Waals surface area contributed by atoms with Crippen molar-refractivity contribution in [2.75, 3.05) is 12.3 Å². The standard InChI is InChI=1S/C13H22N2O3S/c1-3-10-5-6-11(14)9-13(10)19(17,18)15-12(4-2)7-8-16/h5-6,9,12,15-16H,3-4,7-8,14H2,1-2H3. The lowest BCUT2D eigenvalue weighted by molar-refractivity contribution is 0.270. The molecule has 0 bridgehead atoms. The van der Waals surface area contributed by atoms with E-state index in [2.05, 4.69) is 4.72 Å². The number of rotatable bonds is 7. The summed E-state index contributed by atoms with van der Waals surface area (Å²) in [5, 5.41) is 8.93. The summed E-state index contributed by atoms with van der Waals surface area (Å²) in [6.45, 7) is 3.73. The highest BCUT2D eigenvalue weighted by Crippen LogP contribution is 2.20. The molecule has 1 aromatic rings. The SMILES string of the molecule is CCc1ccc(N)cc1S(=O)(=O)NC(CC)CCO. The van der Waals surface area contributed by atoms with Crippen molar-refractivity contribution in [1.29, 1.82) is 0 Å². The van der Waals surface area contributed by atoms with E-state index in [1.54, 1.807) is 12.1 Å². The zero-order valence-electron chi connectivity index (χ0n) is 11.4. The number of aliphatic hydroxyl groups is 1. The molecule has 0 fully saturated rings. The van der Waals surface area contributed by atoms with Crippen LogP contribution in [-0.4, -0.2) is 26.2 Å². The summed E-state index contributed by atoms with van der Waals surface area (Å²) in [5.74, 6) is 0. The van der Waals surface area contributed by atoms with Gasteiger partial charge < -0.3 is 10.8 Å². The number of nitrogens with one attached hydrogen (secondary N) is 1. The minimum absolute atomic E-state index is 0.0431. The van der Waals surface area contributed by atoms with Crippen molar-refractivity contribution in [2.24, 2.45) is 0 Å². The molecule has 19 heavy (non-hydrogen) atoms. The molecule has 0 aliphatic heterocycles. The number of benzene rings is 1. The number of sulfonamides is 1. The third-order valence-electron chi connectivity index (χ3n) is 3.05. The van der Waals surface area contributed by atoms with Crippen molar-refractivity contribution in [2.45, 2.75) is 44.0 Å². The second-order valence-corrected chi connectivity index (χ2v) is 6.14. The molecule has 1 atom stereocenters. The molecule has 0 saturated carbocycles. The number of nitrogen functional groups attached to an aromatic ring is 1. The van der Waals surface area contributed by atoms with E-state index in [-0.39, 0.29) is 17.5 Å². The second-order valence-electron chi connectivity index (χ2n) is 4.46. The smallest absolute Gasteiger partial charge is 0.241 e. The normalized spacial score (nSPS) is 13.4. The highest BCUT2D eigenvalue weighted by atomic mass is 32.2. The maximum absolute atomic E-state index is 12.4. The summed E-state index contributed by atoms with van der Waals surface area (Å²) >= 11 is 0. The van der Waals surface area contributed by atoms with Crippen LogP contribution in [0.5, 0.6) is 0 Å². The fraction of sp³-hybridized carbons (Fsp3) is 0.538. The predicted molar refractivity (Wildman–Crippen MR) is 76.3 cm³/mol. The Balaban J connectivity index is 3.09. The minimum atomic E-state index is -3.60. The van der Waals surface area contributed by atoms with Crippen LogP contribution in [0.3, 0.4) is 0 Å². The predicted octanol–water partition coefficient (Wildman–Crippen LogP) is 1.27. The number of aryl methyl sites for hydroxylation is 1. The molecule has 1 rings (SSSR count). The first-order valence-corrected chi connectivity index (χ1v) is 7.94. The van der Waals surface area contributed by atoms with E-state index >= 15 is 0 Å². The number of nitrogens with two attached hydrogens (primary N) is 1. The number of hydrogen-bond donors (Lipinski definition) is 3. The van der Waals surface area contributed by atoms with E-state index in [4.69, 9.17) is 10.8 Å². The molecule has 1 unspecified atom stereocenters. The summed E-state index contributed by atoms with van der Waals surface area (Å²) in [7, 11) is -3.60. The topological polar surface area (TPSA) is 92.4 Å². The fourth-order valence-electron chi connectivity index (χ4n) is 1.90. The maximum atomic E-state index is 12.4. The van der Waals surface area contributed by atoms with Gasteiger partial charge in [-0.15, -0.1) is 0 Å². The van der Waals surface area contributed by atoms with E-state index in [0.717, 1.165) is 5.56 Å². The Bertz CT molecular complexity index is 515. The molecule has 0 aliphatic carbocycles. The van der Waals surface area contributed by atoms with Gasteiger partial charge in [-0.3, -0.25) is 0 Å². The number of aliphatic hydroxyl groups excluding tert-OH is 1. The highest BCUT2D eigenvalue weighted by molar-refractivity contribution is 7.89. The lowest BCUT2D eigenvalue weighted by Crippen LogP contribution is -2.35. The summed E-state index contributed by atoms with van der Waals surface area (Å²) < 4.78 is 27.3. The van der Waals surface area contributed by atoms with Crippen molar-refractivity contribution in [3.8, 4) is 0 Å². The molecule has 4 N–H and O–H groups in total. The van der Waals surface area contributed by atoms with Crippen LogP contribution in [0.1, 0.15) is 32.3 Å². The lowest BCUT2D eigenvalue weighted by Gasteiger charge is -2.17. The van der Waals surface area contributed by atoms with Crippen molar-refractivity contribution in [3.63, 3.8) is 0 Å². The van der Waals surface area contributed by atoms with E-state index in [9.17, 15) is 8.42 Å². The Morgan fingerprint density at radius 3 is 2.58 bits per heavy atom. The van der Waals surface area contributed by atoms with Gasteiger partial charge in [-0.2, -0.15) is 0 Å². The molecule has 6 heteroatoms. The summed E-state index contributed by atoms with van der Waals surface area (Å²) in [5.41, 5.74) is 6.83. The van der Waals surface area contributed by atoms with Crippen LogP contribution < -0.4 is 10.5 Å². The molecule has 0 aromatic heterocycles. The molecule has 0 aliphatic rings.